The van der Waals surface area contributed by atoms with E-state index < -0.39 is 4.92 Å². The van der Waals surface area contributed by atoms with Gasteiger partial charge in [-0.25, -0.2) is 0 Å². The molecule has 0 saturated carbocycles. The summed E-state index contributed by atoms with van der Waals surface area (Å²) in [5, 5.41) is 10.6. The van der Waals surface area contributed by atoms with Crippen LogP contribution in [-0.2, 0) is 6.54 Å². The van der Waals surface area contributed by atoms with E-state index in [2.05, 4.69) is 0 Å². The molecule has 0 aliphatic heterocycles. The molecule has 0 saturated heterocycles. The summed E-state index contributed by atoms with van der Waals surface area (Å²) in [6.07, 6.45) is 0. The summed E-state index contributed by atoms with van der Waals surface area (Å²) in [6, 6.07) is 3.08. The summed E-state index contributed by atoms with van der Waals surface area (Å²) in [6.45, 7) is 1.89. The fourth-order valence-electron chi connectivity index (χ4n) is 1.27. The number of nitrogens with zero attached hydrogens (tertiary/aromatic N) is 1. The third-order valence-electron chi connectivity index (χ3n) is 2.01. The van der Waals surface area contributed by atoms with E-state index >= 15 is 0 Å². The van der Waals surface area contributed by atoms with Crippen LogP contribution in [0, 0.1) is 17.0 Å². The highest BCUT2D eigenvalue weighted by atomic mass is 16.6. The van der Waals surface area contributed by atoms with Gasteiger partial charge in [0.25, 0.3) is 5.69 Å². The molecule has 0 radical (unpaired) electrons. The van der Waals surface area contributed by atoms with E-state index in [0.717, 1.165) is 5.56 Å². The lowest BCUT2D eigenvalue weighted by atomic mass is 10.1. The molecule has 2 N–H and O–H groups in total. The highest BCUT2D eigenvalue weighted by Crippen LogP contribution is 2.27. The first kappa shape index (κ1) is 10.5. The average Bonchev–Trinajstić information content (AvgIpc) is 2.17. The minimum atomic E-state index is -0.436. The highest BCUT2D eigenvalue weighted by Gasteiger charge is 2.15. The second-order valence-corrected chi connectivity index (χ2v) is 2.91. The molecule has 0 fully saturated rings. The molecule has 1 aromatic carbocycles. The number of hydrogen-bond donors (Lipinski definition) is 1. The van der Waals surface area contributed by atoms with Gasteiger partial charge in [-0.15, -0.1) is 0 Å². The summed E-state index contributed by atoms with van der Waals surface area (Å²) < 4.78 is 5.04. The maximum absolute atomic E-state index is 10.6. The molecule has 0 aromatic heterocycles. The van der Waals surface area contributed by atoms with Crippen LogP contribution in [0.5, 0.6) is 5.75 Å². The van der Waals surface area contributed by atoms with E-state index in [1.807, 2.05) is 0 Å². The number of aryl methyl sites for hydroxylation is 1. The normalized spacial score (nSPS) is 9.93. The summed E-state index contributed by atoms with van der Waals surface area (Å²) >= 11 is 0. The van der Waals surface area contributed by atoms with Crippen LogP contribution in [0.2, 0.25) is 0 Å². The zero-order valence-electron chi connectivity index (χ0n) is 8.11. The average molecular weight is 196 g/mol. The first-order valence-corrected chi connectivity index (χ1v) is 4.12. The van der Waals surface area contributed by atoms with Gasteiger partial charge in [0, 0.05) is 18.2 Å². The number of hydrogen-bond acceptors (Lipinski definition) is 4. The van der Waals surface area contributed by atoms with Crippen LogP contribution < -0.4 is 10.5 Å². The number of methoxy groups -OCH3 is 1. The van der Waals surface area contributed by atoms with Gasteiger partial charge in [0.2, 0.25) is 0 Å². The van der Waals surface area contributed by atoms with E-state index in [1.54, 1.807) is 13.0 Å². The Kier molecular flexibility index (Phi) is 3.03. The number of ether oxygens (including phenoxy) is 1. The fourth-order valence-corrected chi connectivity index (χ4v) is 1.27. The molecule has 14 heavy (non-hydrogen) atoms. The maximum Gasteiger partial charge on any atom is 0.274 e. The van der Waals surface area contributed by atoms with Gasteiger partial charge in [-0.1, -0.05) is 0 Å². The molecular formula is C9H12N2O3. The van der Waals surface area contributed by atoms with Crippen molar-refractivity contribution in [1.82, 2.24) is 0 Å². The molecule has 0 spiro atoms. The van der Waals surface area contributed by atoms with Crippen molar-refractivity contribution in [3.8, 4) is 5.75 Å². The summed E-state index contributed by atoms with van der Waals surface area (Å²) in [7, 11) is 1.52. The molecule has 1 aromatic rings. The molecule has 0 atom stereocenters. The van der Waals surface area contributed by atoms with Crippen molar-refractivity contribution >= 4 is 5.69 Å². The van der Waals surface area contributed by atoms with Crippen molar-refractivity contribution in [2.24, 2.45) is 5.73 Å². The summed E-state index contributed by atoms with van der Waals surface area (Å²) in [5.41, 5.74) is 6.67. The van der Waals surface area contributed by atoms with Gasteiger partial charge in [0.05, 0.1) is 12.0 Å². The van der Waals surface area contributed by atoms with Crippen molar-refractivity contribution in [2.45, 2.75) is 13.5 Å². The van der Waals surface area contributed by atoms with E-state index in [0.29, 0.717) is 11.3 Å². The summed E-state index contributed by atoms with van der Waals surface area (Å²) in [4.78, 5) is 10.2. The number of benzene rings is 1. The van der Waals surface area contributed by atoms with Gasteiger partial charge >= 0.3 is 0 Å². The predicted molar refractivity (Wildman–Crippen MR) is 52.3 cm³/mol. The molecule has 5 nitrogen and oxygen atoms in total. The minimum absolute atomic E-state index is 0.0470. The smallest absolute Gasteiger partial charge is 0.274 e. The molecule has 0 amide bonds. The topological polar surface area (TPSA) is 78.4 Å². The molecule has 1 rings (SSSR count). The van der Waals surface area contributed by atoms with Gasteiger partial charge < -0.3 is 10.5 Å². The lowest BCUT2D eigenvalue weighted by Crippen LogP contribution is -2.03. The fraction of sp³-hybridized carbons (Fsp3) is 0.333. The molecule has 76 valence electrons. The van der Waals surface area contributed by atoms with Gasteiger partial charge in [0.1, 0.15) is 5.75 Å². The monoisotopic (exact) mass is 196 g/mol. The largest absolute Gasteiger partial charge is 0.496 e. The number of nitrogens with two attached hydrogens (primary N) is 1. The zero-order valence-corrected chi connectivity index (χ0v) is 8.11. The van der Waals surface area contributed by atoms with Crippen molar-refractivity contribution in [3.63, 3.8) is 0 Å². The van der Waals surface area contributed by atoms with Crippen molar-refractivity contribution in [3.05, 3.63) is 33.4 Å². The second-order valence-electron chi connectivity index (χ2n) is 2.91. The Bertz CT molecular complexity index is 363. The first-order chi connectivity index (χ1) is 6.60. The van der Waals surface area contributed by atoms with Crippen LogP contribution in [0.15, 0.2) is 12.1 Å². The zero-order chi connectivity index (χ0) is 10.7. The Labute approximate surface area is 81.6 Å². The van der Waals surface area contributed by atoms with Crippen LogP contribution in [0.1, 0.15) is 11.1 Å². The maximum atomic E-state index is 10.6. The number of nitro benzene ring substituents is 1. The summed E-state index contributed by atoms with van der Waals surface area (Å²) in [5.74, 6) is 0.621. The Balaban J connectivity index is 3.31. The molecular weight excluding hydrogens is 184 g/mol. The van der Waals surface area contributed by atoms with Crippen LogP contribution in [-0.4, -0.2) is 12.0 Å². The van der Waals surface area contributed by atoms with E-state index in [9.17, 15) is 10.1 Å². The minimum Gasteiger partial charge on any atom is -0.496 e. The number of nitro groups is 1. The van der Waals surface area contributed by atoms with Crippen molar-refractivity contribution in [2.75, 3.05) is 7.11 Å². The Hall–Kier alpha value is -1.62. The molecule has 5 heteroatoms. The lowest BCUT2D eigenvalue weighted by Gasteiger charge is -2.07. The van der Waals surface area contributed by atoms with Crippen LogP contribution in [0.3, 0.4) is 0 Å². The Morgan fingerprint density at radius 3 is 2.64 bits per heavy atom. The van der Waals surface area contributed by atoms with E-state index in [-0.39, 0.29) is 12.2 Å². The predicted octanol–water partition coefficient (Wildman–Crippen LogP) is 1.37. The second kappa shape index (κ2) is 4.06. The molecule has 0 heterocycles. The Morgan fingerprint density at radius 1 is 1.57 bits per heavy atom. The SMILES string of the molecule is COc1cc(CN)c([N+](=O)[O-])cc1C. The van der Waals surface area contributed by atoms with Gasteiger partial charge in [0.15, 0.2) is 0 Å². The van der Waals surface area contributed by atoms with Gasteiger partial charge in [-0.3, -0.25) is 10.1 Å². The van der Waals surface area contributed by atoms with Gasteiger partial charge in [-0.2, -0.15) is 0 Å². The van der Waals surface area contributed by atoms with Crippen molar-refractivity contribution in [1.29, 1.82) is 0 Å². The van der Waals surface area contributed by atoms with Crippen molar-refractivity contribution < 1.29 is 9.66 Å². The molecule has 0 bridgehead atoms. The first-order valence-electron chi connectivity index (χ1n) is 4.12. The highest BCUT2D eigenvalue weighted by molar-refractivity contribution is 5.49. The van der Waals surface area contributed by atoms with Gasteiger partial charge in [-0.05, 0) is 18.6 Å². The third kappa shape index (κ3) is 1.82. The molecule has 0 aliphatic rings. The molecule has 0 unspecified atom stereocenters. The number of rotatable bonds is 3. The van der Waals surface area contributed by atoms with Crippen LogP contribution in [0.4, 0.5) is 5.69 Å². The van der Waals surface area contributed by atoms with Crippen LogP contribution >= 0.6 is 0 Å². The quantitative estimate of drug-likeness (QED) is 0.585. The third-order valence-corrected chi connectivity index (χ3v) is 2.01. The lowest BCUT2D eigenvalue weighted by molar-refractivity contribution is -0.385. The van der Waals surface area contributed by atoms with Crippen LogP contribution in [0.25, 0.3) is 0 Å². The Morgan fingerprint density at radius 2 is 2.21 bits per heavy atom. The standard InChI is InChI=1S/C9H12N2O3/c1-6-3-8(11(12)13)7(5-10)4-9(6)14-2/h3-4H,5,10H2,1-2H3. The van der Waals surface area contributed by atoms with E-state index in [1.165, 1.54) is 13.2 Å². The van der Waals surface area contributed by atoms with E-state index in [4.69, 9.17) is 10.5 Å². The molecule has 0 aliphatic carbocycles.